The average molecular weight is 347 g/mol. The SMILES string of the molecule is OCc1[c]c2cc(-c3ccc(Cl)cc3)ccc2n1Cc1ccccc1. The van der Waals surface area contributed by atoms with Gasteiger partial charge >= 0.3 is 0 Å². The molecule has 0 saturated heterocycles. The maximum absolute atomic E-state index is 9.75. The summed E-state index contributed by atoms with van der Waals surface area (Å²) in [5, 5.41) is 11.5. The summed E-state index contributed by atoms with van der Waals surface area (Å²) in [4.78, 5) is 0. The molecule has 1 radical (unpaired) electrons. The first-order chi connectivity index (χ1) is 12.2. The van der Waals surface area contributed by atoms with Crippen molar-refractivity contribution < 1.29 is 5.11 Å². The Bertz CT molecular complexity index is 1000. The highest BCUT2D eigenvalue weighted by Gasteiger charge is 2.10. The highest BCUT2D eigenvalue weighted by atomic mass is 35.5. The highest BCUT2D eigenvalue weighted by molar-refractivity contribution is 6.30. The first-order valence-electron chi connectivity index (χ1n) is 8.20. The second-order valence-electron chi connectivity index (χ2n) is 6.04. The van der Waals surface area contributed by atoms with E-state index in [1.54, 1.807) is 0 Å². The van der Waals surface area contributed by atoms with Crippen LogP contribution >= 0.6 is 11.6 Å². The van der Waals surface area contributed by atoms with Crippen molar-refractivity contribution in [3.8, 4) is 11.1 Å². The quantitative estimate of drug-likeness (QED) is 0.532. The van der Waals surface area contributed by atoms with Crippen LogP contribution in [0.2, 0.25) is 5.02 Å². The van der Waals surface area contributed by atoms with Crippen molar-refractivity contribution in [1.82, 2.24) is 4.57 Å². The van der Waals surface area contributed by atoms with Gasteiger partial charge in [-0.1, -0.05) is 60.1 Å². The molecular formula is C22H17ClNO. The smallest absolute Gasteiger partial charge is 0.0839 e. The fourth-order valence-electron chi connectivity index (χ4n) is 3.13. The summed E-state index contributed by atoms with van der Waals surface area (Å²) in [5.41, 5.74) is 5.30. The largest absolute Gasteiger partial charge is 0.390 e. The second kappa shape index (κ2) is 6.75. The van der Waals surface area contributed by atoms with Gasteiger partial charge in [-0.05, 0) is 41.0 Å². The number of nitrogens with zero attached hydrogens (tertiary/aromatic N) is 1. The van der Waals surface area contributed by atoms with Crippen LogP contribution in [-0.4, -0.2) is 9.67 Å². The summed E-state index contributed by atoms with van der Waals surface area (Å²) >= 11 is 5.98. The van der Waals surface area contributed by atoms with Crippen molar-refractivity contribution in [3.05, 3.63) is 95.1 Å². The number of aliphatic hydroxyl groups excluding tert-OH is 1. The molecule has 0 amide bonds. The monoisotopic (exact) mass is 346 g/mol. The van der Waals surface area contributed by atoms with Crippen LogP contribution in [0.4, 0.5) is 0 Å². The van der Waals surface area contributed by atoms with Crippen LogP contribution in [0, 0.1) is 6.07 Å². The topological polar surface area (TPSA) is 25.2 Å². The molecule has 3 aromatic carbocycles. The first kappa shape index (κ1) is 15.9. The Balaban J connectivity index is 1.78. The van der Waals surface area contributed by atoms with E-state index in [0.29, 0.717) is 0 Å². The minimum absolute atomic E-state index is 0.0300. The van der Waals surface area contributed by atoms with Gasteiger partial charge in [0.25, 0.3) is 0 Å². The first-order valence-corrected chi connectivity index (χ1v) is 8.57. The second-order valence-corrected chi connectivity index (χ2v) is 6.48. The van der Waals surface area contributed by atoms with E-state index in [4.69, 9.17) is 11.6 Å². The summed E-state index contributed by atoms with van der Waals surface area (Å²) in [7, 11) is 0. The van der Waals surface area contributed by atoms with Crippen molar-refractivity contribution in [2.24, 2.45) is 0 Å². The lowest BCUT2D eigenvalue weighted by Gasteiger charge is -2.10. The van der Waals surface area contributed by atoms with E-state index < -0.39 is 0 Å². The lowest BCUT2D eigenvalue weighted by molar-refractivity contribution is 0.272. The number of aliphatic hydroxyl groups is 1. The Hall–Kier alpha value is -2.55. The van der Waals surface area contributed by atoms with E-state index >= 15 is 0 Å². The Morgan fingerprint density at radius 1 is 0.880 bits per heavy atom. The van der Waals surface area contributed by atoms with Gasteiger partial charge in [-0.3, -0.25) is 0 Å². The number of hydrogen-bond donors (Lipinski definition) is 1. The van der Waals surface area contributed by atoms with Crippen LogP contribution in [0.15, 0.2) is 72.8 Å². The number of rotatable bonds is 4. The fraction of sp³-hybridized carbons (Fsp3) is 0.0909. The number of fused-ring (bicyclic) bond motifs is 1. The molecule has 1 heterocycles. The predicted octanol–water partition coefficient (Wildman–Crippen LogP) is 5.30. The third-order valence-corrected chi connectivity index (χ3v) is 4.65. The predicted molar refractivity (Wildman–Crippen MR) is 103 cm³/mol. The molecule has 0 aliphatic rings. The molecule has 0 spiro atoms. The van der Waals surface area contributed by atoms with E-state index in [1.807, 2.05) is 42.5 Å². The van der Waals surface area contributed by atoms with E-state index in [0.717, 1.165) is 39.3 Å². The molecule has 2 nitrogen and oxygen atoms in total. The Labute approximate surface area is 151 Å². The van der Waals surface area contributed by atoms with Crippen LogP contribution < -0.4 is 0 Å². The minimum Gasteiger partial charge on any atom is -0.390 e. The van der Waals surface area contributed by atoms with E-state index in [9.17, 15) is 5.11 Å². The van der Waals surface area contributed by atoms with Gasteiger partial charge in [0.05, 0.1) is 12.3 Å². The number of halogens is 1. The van der Waals surface area contributed by atoms with Crippen LogP contribution in [0.3, 0.4) is 0 Å². The van der Waals surface area contributed by atoms with Gasteiger partial charge in [0, 0.05) is 28.5 Å². The molecular weight excluding hydrogens is 330 g/mol. The molecule has 0 saturated carbocycles. The van der Waals surface area contributed by atoms with Crippen molar-refractivity contribution in [2.45, 2.75) is 13.2 Å². The standard InChI is InChI=1S/C22H17ClNO/c23-20-9-6-17(7-10-20)18-8-11-22-19(12-18)13-21(15-25)24(22)14-16-4-2-1-3-5-16/h1-12,25H,14-15H2. The van der Waals surface area contributed by atoms with Crippen molar-refractivity contribution in [1.29, 1.82) is 0 Å². The molecule has 0 atom stereocenters. The molecule has 0 bridgehead atoms. The van der Waals surface area contributed by atoms with Crippen LogP contribution in [0.1, 0.15) is 11.3 Å². The third-order valence-electron chi connectivity index (χ3n) is 4.40. The zero-order valence-electron chi connectivity index (χ0n) is 13.6. The molecule has 123 valence electrons. The van der Waals surface area contributed by atoms with Crippen LogP contribution in [0.25, 0.3) is 22.0 Å². The normalized spacial score (nSPS) is 11.1. The van der Waals surface area contributed by atoms with Gasteiger partial charge in [-0.2, -0.15) is 0 Å². The lowest BCUT2D eigenvalue weighted by Crippen LogP contribution is -2.04. The van der Waals surface area contributed by atoms with Gasteiger partial charge in [0.2, 0.25) is 0 Å². The molecule has 25 heavy (non-hydrogen) atoms. The number of hydrogen-bond acceptors (Lipinski definition) is 1. The molecule has 1 N–H and O–H groups in total. The molecule has 0 unspecified atom stereocenters. The molecule has 4 rings (SSSR count). The maximum Gasteiger partial charge on any atom is 0.0839 e. The summed E-state index contributed by atoms with van der Waals surface area (Å²) in [6.07, 6.45) is 0. The van der Waals surface area contributed by atoms with E-state index in [-0.39, 0.29) is 6.61 Å². The molecule has 0 aliphatic heterocycles. The summed E-state index contributed by atoms with van der Waals surface area (Å²) in [6.45, 7) is 0.689. The van der Waals surface area contributed by atoms with Crippen LogP contribution in [-0.2, 0) is 13.2 Å². The van der Waals surface area contributed by atoms with E-state index in [1.165, 1.54) is 5.56 Å². The third kappa shape index (κ3) is 3.19. The Morgan fingerprint density at radius 2 is 1.60 bits per heavy atom. The van der Waals surface area contributed by atoms with Crippen LogP contribution in [0.5, 0.6) is 0 Å². The van der Waals surface area contributed by atoms with Gasteiger partial charge < -0.3 is 9.67 Å². The van der Waals surface area contributed by atoms with Crippen molar-refractivity contribution in [2.75, 3.05) is 0 Å². The Morgan fingerprint density at radius 3 is 2.32 bits per heavy atom. The highest BCUT2D eigenvalue weighted by Crippen LogP contribution is 2.28. The zero-order chi connectivity index (χ0) is 17.2. The molecule has 4 aromatic rings. The van der Waals surface area contributed by atoms with Gasteiger partial charge in [0.1, 0.15) is 0 Å². The summed E-state index contributed by atoms with van der Waals surface area (Å²) in [6, 6.07) is 27.7. The fourth-order valence-corrected chi connectivity index (χ4v) is 3.26. The molecule has 3 heteroatoms. The zero-order valence-corrected chi connectivity index (χ0v) is 14.4. The maximum atomic E-state index is 9.75. The summed E-state index contributed by atoms with van der Waals surface area (Å²) in [5.74, 6) is 0. The molecule has 0 aliphatic carbocycles. The van der Waals surface area contributed by atoms with Crippen molar-refractivity contribution in [3.63, 3.8) is 0 Å². The molecule has 0 fully saturated rings. The number of aromatic nitrogens is 1. The average Bonchev–Trinajstić information content (AvgIpc) is 3.00. The van der Waals surface area contributed by atoms with Gasteiger partial charge in [0.15, 0.2) is 0 Å². The van der Waals surface area contributed by atoms with Gasteiger partial charge in [-0.25, -0.2) is 0 Å². The summed E-state index contributed by atoms with van der Waals surface area (Å²) < 4.78 is 2.12. The lowest BCUT2D eigenvalue weighted by atomic mass is 10.0. The van der Waals surface area contributed by atoms with E-state index in [2.05, 4.69) is 41.0 Å². The molecule has 1 aromatic heterocycles. The minimum atomic E-state index is -0.0300. The van der Waals surface area contributed by atoms with Gasteiger partial charge in [-0.15, -0.1) is 0 Å². The number of benzene rings is 3. The Kier molecular flexibility index (Phi) is 4.31. The van der Waals surface area contributed by atoms with Crippen molar-refractivity contribution >= 4 is 22.5 Å².